The molecular weight excluding hydrogens is 181 g/mol. The molecule has 0 aromatic carbocycles. The summed E-state index contributed by atoms with van der Waals surface area (Å²) in [6.07, 6.45) is 1.68. The quantitative estimate of drug-likeness (QED) is 0.629. The predicted octanol–water partition coefficient (Wildman–Crippen LogP) is 1.29. The van der Waals surface area contributed by atoms with E-state index in [1.54, 1.807) is 0 Å². The summed E-state index contributed by atoms with van der Waals surface area (Å²) in [6.45, 7) is 2.30. The Bertz CT molecular complexity index is 150. The third-order valence-electron chi connectivity index (χ3n) is 2.67. The molecule has 72 valence electrons. The lowest BCUT2D eigenvalue weighted by atomic mass is 9.87. The Labute approximate surface area is 78.3 Å². The lowest BCUT2D eigenvalue weighted by molar-refractivity contribution is 0.118. The van der Waals surface area contributed by atoms with E-state index in [1.165, 1.54) is 0 Å². The van der Waals surface area contributed by atoms with Gasteiger partial charge in [-0.25, -0.2) is 4.39 Å². The van der Waals surface area contributed by atoms with E-state index >= 15 is 0 Å². The maximum absolute atomic E-state index is 13.0. The molecule has 0 amide bonds. The summed E-state index contributed by atoms with van der Waals surface area (Å²) < 4.78 is 18.2. The number of ether oxygens (including phenoxy) is 1. The Kier molecular flexibility index (Phi) is 3.32. The number of hydrogen-bond acceptors (Lipinski definition) is 2. The molecule has 2 aliphatic heterocycles. The summed E-state index contributed by atoms with van der Waals surface area (Å²) in [6, 6.07) is 0. The van der Waals surface area contributed by atoms with Gasteiger partial charge in [-0.3, -0.25) is 0 Å². The molecule has 0 aromatic heterocycles. The van der Waals surface area contributed by atoms with Crippen molar-refractivity contribution in [2.75, 3.05) is 19.8 Å². The highest BCUT2D eigenvalue weighted by Crippen LogP contribution is 2.29. The summed E-state index contributed by atoms with van der Waals surface area (Å²) in [5, 5.41) is 3.36. The smallest absolute Gasteiger partial charge is 0.103 e. The van der Waals surface area contributed by atoms with Gasteiger partial charge in [0, 0.05) is 12.1 Å². The molecule has 2 unspecified atom stereocenters. The zero-order chi connectivity index (χ0) is 7.73. The van der Waals surface area contributed by atoms with Crippen molar-refractivity contribution in [1.82, 2.24) is 5.32 Å². The Morgan fingerprint density at radius 2 is 2.33 bits per heavy atom. The van der Waals surface area contributed by atoms with Gasteiger partial charge >= 0.3 is 0 Å². The van der Waals surface area contributed by atoms with Crippen molar-refractivity contribution in [1.29, 1.82) is 0 Å². The van der Waals surface area contributed by atoms with Crippen molar-refractivity contribution >= 4 is 12.4 Å². The fraction of sp³-hybridized carbons (Fsp3) is 1.00. The SMILES string of the molecule is Cl.FC1CCNC2(CCOC2)C1. The van der Waals surface area contributed by atoms with E-state index in [4.69, 9.17) is 4.74 Å². The molecule has 2 saturated heterocycles. The second kappa shape index (κ2) is 3.90. The van der Waals surface area contributed by atoms with Crippen molar-refractivity contribution < 1.29 is 9.13 Å². The van der Waals surface area contributed by atoms with E-state index in [0.717, 1.165) is 19.6 Å². The normalized spacial score (nSPS) is 41.2. The van der Waals surface area contributed by atoms with Gasteiger partial charge in [0.15, 0.2) is 0 Å². The van der Waals surface area contributed by atoms with Crippen LogP contribution >= 0.6 is 12.4 Å². The molecule has 0 bridgehead atoms. The molecule has 0 aliphatic carbocycles. The van der Waals surface area contributed by atoms with Gasteiger partial charge in [-0.05, 0) is 25.8 Å². The summed E-state index contributed by atoms with van der Waals surface area (Å²) in [5.41, 5.74) is -0.00231. The van der Waals surface area contributed by atoms with Crippen LogP contribution in [0.15, 0.2) is 0 Å². The molecule has 1 N–H and O–H groups in total. The van der Waals surface area contributed by atoms with Crippen LogP contribution in [0.5, 0.6) is 0 Å². The van der Waals surface area contributed by atoms with E-state index in [9.17, 15) is 4.39 Å². The second-order valence-electron chi connectivity index (χ2n) is 3.60. The first-order valence-corrected chi connectivity index (χ1v) is 4.28. The lowest BCUT2D eigenvalue weighted by Gasteiger charge is -2.34. The zero-order valence-electron chi connectivity index (χ0n) is 7.01. The molecule has 4 heteroatoms. The van der Waals surface area contributed by atoms with Crippen molar-refractivity contribution in [3.05, 3.63) is 0 Å². The molecule has 2 fully saturated rings. The monoisotopic (exact) mass is 195 g/mol. The van der Waals surface area contributed by atoms with Gasteiger partial charge in [0.1, 0.15) is 6.17 Å². The zero-order valence-corrected chi connectivity index (χ0v) is 7.83. The molecule has 0 radical (unpaired) electrons. The number of halogens is 2. The summed E-state index contributed by atoms with van der Waals surface area (Å²) in [4.78, 5) is 0. The molecule has 2 nitrogen and oxygen atoms in total. The van der Waals surface area contributed by atoms with E-state index in [2.05, 4.69) is 5.32 Å². The molecular formula is C8H15ClFNO. The van der Waals surface area contributed by atoms with Crippen LogP contribution in [0.25, 0.3) is 0 Å². The minimum absolute atomic E-state index is 0. The fourth-order valence-corrected chi connectivity index (χ4v) is 2.00. The minimum atomic E-state index is -0.613. The number of alkyl halides is 1. The first-order valence-electron chi connectivity index (χ1n) is 4.28. The van der Waals surface area contributed by atoms with Crippen molar-refractivity contribution in [2.24, 2.45) is 0 Å². The standard InChI is InChI=1S/C8H14FNO.ClH/c9-7-1-3-10-8(5-7)2-4-11-6-8;/h7,10H,1-6H2;1H. The maximum atomic E-state index is 13.0. The van der Waals surface area contributed by atoms with Gasteiger partial charge in [0.05, 0.1) is 6.61 Å². The molecule has 2 aliphatic rings. The van der Waals surface area contributed by atoms with Crippen molar-refractivity contribution in [3.8, 4) is 0 Å². The molecule has 0 saturated carbocycles. The van der Waals surface area contributed by atoms with Crippen LogP contribution in [-0.4, -0.2) is 31.5 Å². The van der Waals surface area contributed by atoms with Gasteiger partial charge in [0.25, 0.3) is 0 Å². The number of hydrogen-bond donors (Lipinski definition) is 1. The van der Waals surface area contributed by atoms with Crippen molar-refractivity contribution in [3.63, 3.8) is 0 Å². The van der Waals surface area contributed by atoms with Crippen LogP contribution in [0, 0.1) is 0 Å². The molecule has 2 heterocycles. The van der Waals surface area contributed by atoms with E-state index < -0.39 is 6.17 Å². The molecule has 1 spiro atoms. The van der Waals surface area contributed by atoms with Gasteiger partial charge < -0.3 is 10.1 Å². The van der Waals surface area contributed by atoms with Crippen LogP contribution in [0.4, 0.5) is 4.39 Å². The molecule has 2 rings (SSSR count). The third-order valence-corrected chi connectivity index (χ3v) is 2.67. The van der Waals surface area contributed by atoms with Crippen LogP contribution in [-0.2, 0) is 4.74 Å². The highest BCUT2D eigenvalue weighted by molar-refractivity contribution is 5.85. The van der Waals surface area contributed by atoms with Gasteiger partial charge in [0.2, 0.25) is 0 Å². The predicted molar refractivity (Wildman–Crippen MR) is 47.5 cm³/mol. The van der Waals surface area contributed by atoms with E-state index in [0.29, 0.717) is 19.4 Å². The van der Waals surface area contributed by atoms with E-state index in [1.807, 2.05) is 0 Å². The summed E-state index contributed by atoms with van der Waals surface area (Å²) in [5.74, 6) is 0. The Hall–Kier alpha value is 0.140. The van der Waals surface area contributed by atoms with Crippen LogP contribution in [0.3, 0.4) is 0 Å². The Morgan fingerprint density at radius 1 is 1.50 bits per heavy atom. The number of nitrogens with one attached hydrogen (secondary N) is 1. The van der Waals surface area contributed by atoms with Gasteiger partial charge in [-0.1, -0.05) is 0 Å². The molecule has 2 atom stereocenters. The van der Waals surface area contributed by atoms with Gasteiger partial charge in [-0.15, -0.1) is 12.4 Å². The van der Waals surface area contributed by atoms with E-state index in [-0.39, 0.29) is 17.9 Å². The molecule has 0 aromatic rings. The highest BCUT2D eigenvalue weighted by Gasteiger charge is 2.39. The second-order valence-corrected chi connectivity index (χ2v) is 3.60. The van der Waals surface area contributed by atoms with Gasteiger partial charge in [-0.2, -0.15) is 0 Å². The van der Waals surface area contributed by atoms with Crippen molar-refractivity contribution in [2.45, 2.75) is 31.0 Å². The highest BCUT2D eigenvalue weighted by atomic mass is 35.5. The number of rotatable bonds is 0. The summed E-state index contributed by atoms with van der Waals surface area (Å²) >= 11 is 0. The first-order chi connectivity index (χ1) is 5.31. The van der Waals surface area contributed by atoms with Crippen LogP contribution in [0.2, 0.25) is 0 Å². The Morgan fingerprint density at radius 3 is 2.92 bits per heavy atom. The Balaban J connectivity index is 0.000000720. The third kappa shape index (κ3) is 1.90. The lowest BCUT2D eigenvalue weighted by Crippen LogP contribution is -2.52. The average Bonchev–Trinajstić information content (AvgIpc) is 2.37. The number of piperidine rings is 1. The first kappa shape index (κ1) is 10.2. The topological polar surface area (TPSA) is 21.3 Å². The molecule has 12 heavy (non-hydrogen) atoms. The maximum Gasteiger partial charge on any atom is 0.103 e. The van der Waals surface area contributed by atoms with Crippen LogP contribution < -0.4 is 5.32 Å². The minimum Gasteiger partial charge on any atom is -0.379 e. The largest absolute Gasteiger partial charge is 0.379 e. The fourth-order valence-electron chi connectivity index (χ4n) is 2.00. The van der Waals surface area contributed by atoms with Crippen LogP contribution in [0.1, 0.15) is 19.3 Å². The summed E-state index contributed by atoms with van der Waals surface area (Å²) in [7, 11) is 0. The average molecular weight is 196 g/mol.